The van der Waals surface area contributed by atoms with E-state index in [-0.39, 0.29) is 5.91 Å². The van der Waals surface area contributed by atoms with Crippen LogP contribution in [-0.2, 0) is 0 Å². The van der Waals surface area contributed by atoms with Crippen LogP contribution >= 0.6 is 11.6 Å². The van der Waals surface area contributed by atoms with E-state index < -0.39 is 0 Å². The maximum Gasteiger partial charge on any atom is 0.251 e. The highest BCUT2D eigenvalue weighted by molar-refractivity contribution is 6.33. The second-order valence-corrected chi connectivity index (χ2v) is 3.75. The highest BCUT2D eigenvalue weighted by Gasteiger charge is 2.06. The van der Waals surface area contributed by atoms with Gasteiger partial charge in [0.2, 0.25) is 0 Å². The fraction of sp³-hybridized carbons (Fsp3) is 0.364. The van der Waals surface area contributed by atoms with E-state index in [9.17, 15) is 4.79 Å². The third-order valence-corrected chi connectivity index (χ3v) is 2.42. The molecule has 0 aliphatic rings. The third kappa shape index (κ3) is 3.44. The van der Waals surface area contributed by atoms with Gasteiger partial charge in [0, 0.05) is 12.1 Å². The monoisotopic (exact) mass is 226 g/mol. The molecule has 0 saturated heterocycles. The molecule has 15 heavy (non-hydrogen) atoms. The summed E-state index contributed by atoms with van der Waals surface area (Å²) in [4.78, 5) is 11.6. The lowest BCUT2D eigenvalue weighted by molar-refractivity contribution is 0.0953. The quantitative estimate of drug-likeness (QED) is 0.612. The fourth-order valence-electron chi connectivity index (χ4n) is 1.17. The van der Waals surface area contributed by atoms with Gasteiger partial charge in [-0.25, -0.2) is 0 Å². The Morgan fingerprint density at radius 2 is 2.27 bits per heavy atom. The summed E-state index contributed by atoms with van der Waals surface area (Å²) in [6, 6.07) is 4.88. The molecule has 0 fully saturated rings. The minimum Gasteiger partial charge on any atom is -0.398 e. The van der Waals surface area contributed by atoms with Gasteiger partial charge in [0.05, 0.1) is 10.7 Å². The highest BCUT2D eigenvalue weighted by Crippen LogP contribution is 2.19. The molecule has 0 aliphatic heterocycles. The van der Waals surface area contributed by atoms with E-state index in [4.69, 9.17) is 17.3 Å². The number of hydrogen-bond acceptors (Lipinski definition) is 2. The normalized spacial score (nSPS) is 10.0. The number of rotatable bonds is 4. The topological polar surface area (TPSA) is 55.1 Å². The van der Waals surface area contributed by atoms with Gasteiger partial charge in [0.15, 0.2) is 0 Å². The van der Waals surface area contributed by atoms with E-state index in [1.165, 1.54) is 0 Å². The lowest BCUT2D eigenvalue weighted by Gasteiger charge is -2.05. The number of nitrogens with one attached hydrogen (secondary N) is 1. The number of amides is 1. The summed E-state index contributed by atoms with van der Waals surface area (Å²) in [7, 11) is 0. The Bertz CT molecular complexity index is 352. The second kappa shape index (κ2) is 5.61. The molecule has 0 aliphatic carbocycles. The largest absolute Gasteiger partial charge is 0.398 e. The van der Waals surface area contributed by atoms with Crippen LogP contribution in [0.25, 0.3) is 0 Å². The van der Waals surface area contributed by atoms with Crippen molar-refractivity contribution >= 4 is 23.2 Å². The third-order valence-electron chi connectivity index (χ3n) is 2.07. The van der Waals surface area contributed by atoms with Gasteiger partial charge in [0.25, 0.3) is 5.91 Å². The molecule has 0 aromatic heterocycles. The van der Waals surface area contributed by atoms with Gasteiger partial charge in [0.1, 0.15) is 0 Å². The zero-order valence-corrected chi connectivity index (χ0v) is 9.47. The number of anilines is 1. The Labute approximate surface area is 94.6 Å². The van der Waals surface area contributed by atoms with Gasteiger partial charge in [-0.15, -0.1) is 0 Å². The molecule has 0 radical (unpaired) electrons. The van der Waals surface area contributed by atoms with Gasteiger partial charge in [-0.1, -0.05) is 24.9 Å². The zero-order valence-electron chi connectivity index (χ0n) is 8.72. The Balaban J connectivity index is 2.62. The van der Waals surface area contributed by atoms with Crippen LogP contribution in [0.5, 0.6) is 0 Å². The van der Waals surface area contributed by atoms with Crippen molar-refractivity contribution < 1.29 is 4.79 Å². The van der Waals surface area contributed by atoms with Crippen molar-refractivity contribution in [2.24, 2.45) is 0 Å². The number of benzene rings is 1. The molecule has 4 heteroatoms. The summed E-state index contributed by atoms with van der Waals surface area (Å²) in [5.41, 5.74) is 6.58. The predicted octanol–water partition coefficient (Wildman–Crippen LogP) is 2.45. The first-order chi connectivity index (χ1) is 7.15. The molecule has 0 saturated carbocycles. The molecule has 3 nitrogen and oxygen atoms in total. The van der Waals surface area contributed by atoms with Crippen molar-refractivity contribution in [2.45, 2.75) is 19.8 Å². The highest BCUT2D eigenvalue weighted by atomic mass is 35.5. The minimum absolute atomic E-state index is 0.105. The van der Waals surface area contributed by atoms with Gasteiger partial charge in [-0.05, 0) is 24.6 Å². The maximum absolute atomic E-state index is 11.6. The lowest BCUT2D eigenvalue weighted by Crippen LogP contribution is -2.24. The lowest BCUT2D eigenvalue weighted by atomic mass is 10.2. The van der Waals surface area contributed by atoms with Crippen LogP contribution in [0.15, 0.2) is 18.2 Å². The number of nitrogens with two attached hydrogens (primary N) is 1. The molecule has 0 spiro atoms. The van der Waals surface area contributed by atoms with Crippen molar-refractivity contribution in [3.63, 3.8) is 0 Å². The van der Waals surface area contributed by atoms with Crippen LogP contribution in [-0.4, -0.2) is 12.5 Å². The van der Waals surface area contributed by atoms with Crippen LogP contribution < -0.4 is 11.1 Å². The Kier molecular flexibility index (Phi) is 4.43. The smallest absolute Gasteiger partial charge is 0.251 e. The Hall–Kier alpha value is -1.22. The Morgan fingerprint density at radius 1 is 1.53 bits per heavy atom. The van der Waals surface area contributed by atoms with E-state index in [1.807, 2.05) is 0 Å². The number of halogens is 1. The first kappa shape index (κ1) is 11.9. The van der Waals surface area contributed by atoms with Crippen molar-refractivity contribution in [2.75, 3.05) is 12.3 Å². The summed E-state index contributed by atoms with van der Waals surface area (Å²) in [6.07, 6.45) is 2.04. The summed E-state index contributed by atoms with van der Waals surface area (Å²) >= 11 is 5.76. The molecule has 1 amide bonds. The van der Waals surface area contributed by atoms with Gasteiger partial charge >= 0.3 is 0 Å². The number of carbonyl (C=O) groups excluding carboxylic acids is 1. The molecule has 3 N–H and O–H groups in total. The van der Waals surface area contributed by atoms with E-state index in [0.29, 0.717) is 22.8 Å². The molecule has 0 unspecified atom stereocenters. The van der Waals surface area contributed by atoms with Crippen LogP contribution in [0, 0.1) is 0 Å². The number of carbonyl (C=O) groups is 1. The van der Waals surface area contributed by atoms with Crippen molar-refractivity contribution in [1.82, 2.24) is 5.32 Å². The summed E-state index contributed by atoms with van der Waals surface area (Å²) < 4.78 is 0. The first-order valence-corrected chi connectivity index (χ1v) is 5.36. The molecule has 1 aromatic rings. The molecule has 0 atom stereocenters. The maximum atomic E-state index is 11.6. The van der Waals surface area contributed by atoms with E-state index in [1.54, 1.807) is 18.2 Å². The number of nitrogen functional groups attached to an aromatic ring is 1. The molecular weight excluding hydrogens is 212 g/mol. The number of hydrogen-bond donors (Lipinski definition) is 2. The zero-order chi connectivity index (χ0) is 11.3. The SMILES string of the molecule is CCCCNC(=O)c1ccc(Cl)c(N)c1. The fourth-order valence-corrected chi connectivity index (χ4v) is 1.28. The summed E-state index contributed by atoms with van der Waals surface area (Å²) in [5.74, 6) is -0.105. The predicted molar refractivity (Wildman–Crippen MR) is 63.1 cm³/mol. The Morgan fingerprint density at radius 3 is 2.87 bits per heavy atom. The van der Waals surface area contributed by atoms with E-state index in [2.05, 4.69) is 12.2 Å². The second-order valence-electron chi connectivity index (χ2n) is 3.35. The summed E-state index contributed by atoms with van der Waals surface area (Å²) in [5, 5.41) is 3.28. The van der Waals surface area contributed by atoms with Crippen LogP contribution in [0.2, 0.25) is 5.02 Å². The molecule has 0 bridgehead atoms. The molecular formula is C11H15ClN2O. The van der Waals surface area contributed by atoms with E-state index >= 15 is 0 Å². The van der Waals surface area contributed by atoms with Crippen LogP contribution in [0.1, 0.15) is 30.1 Å². The molecule has 82 valence electrons. The average Bonchev–Trinajstić information content (AvgIpc) is 2.22. The van der Waals surface area contributed by atoms with Gasteiger partial charge in [-0.2, -0.15) is 0 Å². The minimum atomic E-state index is -0.105. The van der Waals surface area contributed by atoms with Crippen LogP contribution in [0.4, 0.5) is 5.69 Å². The average molecular weight is 227 g/mol. The van der Waals surface area contributed by atoms with Crippen LogP contribution in [0.3, 0.4) is 0 Å². The molecule has 0 heterocycles. The van der Waals surface area contributed by atoms with Crippen molar-refractivity contribution in [3.05, 3.63) is 28.8 Å². The number of unbranched alkanes of at least 4 members (excludes halogenated alkanes) is 1. The van der Waals surface area contributed by atoms with Crippen molar-refractivity contribution in [3.8, 4) is 0 Å². The van der Waals surface area contributed by atoms with Gasteiger partial charge < -0.3 is 11.1 Å². The standard InChI is InChI=1S/C11H15ClN2O/c1-2-3-6-14-11(15)8-4-5-9(12)10(13)7-8/h4-5,7H,2-3,6,13H2,1H3,(H,14,15). The first-order valence-electron chi connectivity index (χ1n) is 4.98. The molecule has 1 aromatic carbocycles. The van der Waals surface area contributed by atoms with Crippen molar-refractivity contribution in [1.29, 1.82) is 0 Å². The van der Waals surface area contributed by atoms with E-state index in [0.717, 1.165) is 12.8 Å². The van der Waals surface area contributed by atoms with Gasteiger partial charge in [-0.3, -0.25) is 4.79 Å². The molecule has 1 rings (SSSR count). The summed E-state index contributed by atoms with van der Waals surface area (Å²) in [6.45, 7) is 2.77.